The summed E-state index contributed by atoms with van der Waals surface area (Å²) in [5, 5.41) is 15.1. The lowest BCUT2D eigenvalue weighted by Crippen LogP contribution is -2.12. The third-order valence-corrected chi connectivity index (χ3v) is 6.01. The molecule has 1 aromatic carbocycles. The third-order valence-electron chi connectivity index (χ3n) is 4.84. The lowest BCUT2D eigenvalue weighted by molar-refractivity contribution is 0.102. The van der Waals surface area contributed by atoms with E-state index in [0.29, 0.717) is 34.0 Å². The minimum absolute atomic E-state index is 0.339. The molecule has 1 amide bonds. The van der Waals surface area contributed by atoms with Crippen LogP contribution >= 0.6 is 11.3 Å². The summed E-state index contributed by atoms with van der Waals surface area (Å²) >= 11 is 1.54. The highest BCUT2D eigenvalue weighted by atomic mass is 32.1. The Kier molecular flexibility index (Phi) is 4.41. The van der Waals surface area contributed by atoms with E-state index in [4.69, 9.17) is 10.5 Å². The normalized spacial score (nSPS) is 11.1. The zero-order valence-corrected chi connectivity index (χ0v) is 17.2. The third kappa shape index (κ3) is 3.19. The zero-order valence-electron chi connectivity index (χ0n) is 16.4. The SMILES string of the molecule is C=C(N)c1cc2cc(-c3[nH]ncc3NC(=O)c3cnn4cccnc34)c(OC)cc2s1. The maximum absolute atomic E-state index is 12.9. The molecule has 0 unspecified atom stereocenters. The van der Waals surface area contributed by atoms with E-state index in [1.807, 2.05) is 18.2 Å². The molecule has 0 aliphatic heterocycles. The summed E-state index contributed by atoms with van der Waals surface area (Å²) in [6.07, 6.45) is 6.38. The number of methoxy groups -OCH3 is 1. The molecule has 10 heteroatoms. The van der Waals surface area contributed by atoms with Crippen molar-refractivity contribution in [1.29, 1.82) is 0 Å². The Hall–Kier alpha value is -4.18. The van der Waals surface area contributed by atoms with Gasteiger partial charge in [-0.2, -0.15) is 10.2 Å². The average molecular weight is 431 g/mol. The molecule has 0 bridgehead atoms. The van der Waals surface area contributed by atoms with Crippen molar-refractivity contribution in [3.63, 3.8) is 0 Å². The van der Waals surface area contributed by atoms with Crippen LogP contribution in [0.1, 0.15) is 15.2 Å². The van der Waals surface area contributed by atoms with Crippen molar-refractivity contribution in [2.24, 2.45) is 5.73 Å². The monoisotopic (exact) mass is 431 g/mol. The number of H-pyrrole nitrogens is 1. The minimum atomic E-state index is -0.339. The van der Waals surface area contributed by atoms with E-state index < -0.39 is 0 Å². The summed E-state index contributed by atoms with van der Waals surface area (Å²) in [6.45, 7) is 3.81. The molecule has 4 heterocycles. The van der Waals surface area contributed by atoms with Crippen molar-refractivity contribution in [2.45, 2.75) is 0 Å². The van der Waals surface area contributed by atoms with Crippen LogP contribution < -0.4 is 15.8 Å². The van der Waals surface area contributed by atoms with Crippen molar-refractivity contribution < 1.29 is 9.53 Å². The van der Waals surface area contributed by atoms with Crippen molar-refractivity contribution in [3.8, 4) is 17.0 Å². The van der Waals surface area contributed by atoms with E-state index >= 15 is 0 Å². The van der Waals surface area contributed by atoms with Gasteiger partial charge >= 0.3 is 0 Å². The van der Waals surface area contributed by atoms with Gasteiger partial charge in [0.2, 0.25) is 0 Å². The van der Waals surface area contributed by atoms with Crippen LogP contribution in [0.25, 0.3) is 32.7 Å². The van der Waals surface area contributed by atoms with Crippen LogP contribution in [0.4, 0.5) is 5.69 Å². The van der Waals surface area contributed by atoms with Gasteiger partial charge in [-0.25, -0.2) is 9.50 Å². The van der Waals surface area contributed by atoms with Gasteiger partial charge in [0.1, 0.15) is 11.3 Å². The average Bonchev–Trinajstić information content (AvgIpc) is 3.50. The topological polar surface area (TPSA) is 123 Å². The molecule has 0 saturated heterocycles. The number of hydrogen-bond donors (Lipinski definition) is 3. The van der Waals surface area contributed by atoms with E-state index in [0.717, 1.165) is 20.5 Å². The lowest BCUT2D eigenvalue weighted by atomic mass is 10.1. The molecule has 5 aromatic rings. The number of nitrogens with two attached hydrogens (primary N) is 1. The molecule has 0 atom stereocenters. The first kappa shape index (κ1) is 18.8. The van der Waals surface area contributed by atoms with Gasteiger partial charge in [-0.3, -0.25) is 9.89 Å². The number of aromatic amines is 1. The Labute approximate surface area is 180 Å². The molecule has 0 radical (unpaired) electrons. The summed E-state index contributed by atoms with van der Waals surface area (Å²) in [5.41, 5.74) is 9.09. The summed E-state index contributed by atoms with van der Waals surface area (Å²) in [5.74, 6) is 0.301. The van der Waals surface area contributed by atoms with Crippen LogP contribution in [0.2, 0.25) is 0 Å². The summed E-state index contributed by atoms with van der Waals surface area (Å²) in [6, 6.07) is 7.62. The van der Waals surface area contributed by atoms with Crippen LogP contribution in [-0.2, 0) is 0 Å². The first-order chi connectivity index (χ1) is 15.0. The molecule has 4 N–H and O–H groups in total. The van der Waals surface area contributed by atoms with E-state index in [9.17, 15) is 4.79 Å². The Bertz CT molecular complexity index is 1460. The number of benzene rings is 1. The molecule has 4 aromatic heterocycles. The summed E-state index contributed by atoms with van der Waals surface area (Å²) in [7, 11) is 1.60. The first-order valence-corrected chi connectivity index (χ1v) is 10.1. The lowest BCUT2D eigenvalue weighted by Gasteiger charge is -2.10. The Morgan fingerprint density at radius 1 is 1.32 bits per heavy atom. The molecule has 31 heavy (non-hydrogen) atoms. The molecule has 0 aliphatic carbocycles. The number of nitrogens with one attached hydrogen (secondary N) is 2. The Balaban J connectivity index is 1.54. The van der Waals surface area contributed by atoms with Gasteiger partial charge < -0.3 is 15.8 Å². The number of amides is 1. The Morgan fingerprint density at radius 3 is 3.00 bits per heavy atom. The fraction of sp³-hybridized carbons (Fsp3) is 0.0476. The minimum Gasteiger partial charge on any atom is -0.496 e. The number of carbonyl (C=O) groups excluding carboxylic acids is 1. The highest BCUT2D eigenvalue weighted by molar-refractivity contribution is 7.20. The van der Waals surface area contributed by atoms with Crippen LogP contribution in [0.15, 0.2) is 55.6 Å². The van der Waals surface area contributed by atoms with E-state index in [1.165, 1.54) is 17.5 Å². The van der Waals surface area contributed by atoms with Crippen molar-refractivity contribution in [1.82, 2.24) is 24.8 Å². The number of ether oxygens (including phenoxy) is 1. The number of fused-ring (bicyclic) bond motifs is 2. The van der Waals surface area contributed by atoms with Gasteiger partial charge in [0.25, 0.3) is 5.91 Å². The maximum atomic E-state index is 12.9. The maximum Gasteiger partial charge on any atom is 0.261 e. The fourth-order valence-electron chi connectivity index (χ4n) is 3.35. The number of aromatic nitrogens is 5. The zero-order chi connectivity index (χ0) is 21.5. The van der Waals surface area contributed by atoms with Crippen LogP contribution in [0.5, 0.6) is 5.75 Å². The molecule has 0 saturated carbocycles. The Morgan fingerprint density at radius 2 is 2.19 bits per heavy atom. The van der Waals surface area contributed by atoms with Gasteiger partial charge in [-0.1, -0.05) is 6.58 Å². The second-order valence-electron chi connectivity index (χ2n) is 6.79. The molecule has 154 valence electrons. The predicted octanol–water partition coefficient (Wildman–Crippen LogP) is 3.52. The fourth-order valence-corrected chi connectivity index (χ4v) is 4.31. The van der Waals surface area contributed by atoms with Crippen LogP contribution in [-0.4, -0.2) is 37.8 Å². The molecule has 0 aliphatic rings. The number of nitrogens with zero attached hydrogens (tertiary/aromatic N) is 4. The van der Waals surface area contributed by atoms with Gasteiger partial charge in [0.05, 0.1) is 35.8 Å². The molecular formula is C21H17N7O2S. The van der Waals surface area contributed by atoms with E-state index in [2.05, 4.69) is 32.2 Å². The molecule has 0 fully saturated rings. The van der Waals surface area contributed by atoms with Crippen molar-refractivity contribution in [2.75, 3.05) is 12.4 Å². The smallest absolute Gasteiger partial charge is 0.261 e. The van der Waals surface area contributed by atoms with E-state index in [1.54, 1.807) is 36.3 Å². The first-order valence-electron chi connectivity index (χ1n) is 9.25. The standard InChI is InChI=1S/C21H17N7O2S/c1-11(22)17-7-12-6-13(16(30-2)8-18(12)31-17)19-15(10-24-27-19)26-21(29)14-9-25-28-5-3-4-23-20(14)28/h3-10H,1,22H2,2H3,(H,24,27)(H,26,29). The van der Waals surface area contributed by atoms with Crippen molar-refractivity contribution in [3.05, 3.63) is 66.1 Å². The summed E-state index contributed by atoms with van der Waals surface area (Å²) < 4.78 is 8.17. The largest absolute Gasteiger partial charge is 0.496 e. The number of carbonyl (C=O) groups is 1. The van der Waals surface area contributed by atoms with Crippen molar-refractivity contribution >= 4 is 44.4 Å². The van der Waals surface area contributed by atoms with Gasteiger partial charge in [-0.05, 0) is 29.7 Å². The molecular weight excluding hydrogens is 414 g/mol. The quantitative estimate of drug-likeness (QED) is 0.391. The van der Waals surface area contributed by atoms with Gasteiger partial charge in [-0.15, -0.1) is 11.3 Å². The predicted molar refractivity (Wildman–Crippen MR) is 120 cm³/mol. The van der Waals surface area contributed by atoms with Gasteiger partial charge in [0.15, 0.2) is 5.65 Å². The van der Waals surface area contributed by atoms with E-state index in [-0.39, 0.29) is 5.91 Å². The summed E-state index contributed by atoms with van der Waals surface area (Å²) in [4.78, 5) is 18.0. The van der Waals surface area contributed by atoms with Crippen LogP contribution in [0.3, 0.4) is 0 Å². The molecule has 5 rings (SSSR count). The number of thiophene rings is 1. The highest BCUT2D eigenvalue weighted by Gasteiger charge is 2.19. The molecule has 0 spiro atoms. The number of anilines is 1. The number of rotatable bonds is 5. The molecule has 9 nitrogen and oxygen atoms in total. The van der Waals surface area contributed by atoms with Crippen LogP contribution in [0, 0.1) is 0 Å². The highest BCUT2D eigenvalue weighted by Crippen LogP contribution is 2.40. The number of hydrogen-bond acceptors (Lipinski definition) is 7. The second-order valence-corrected chi connectivity index (χ2v) is 7.87. The second kappa shape index (κ2) is 7.26. The van der Waals surface area contributed by atoms with Gasteiger partial charge in [0, 0.05) is 28.4 Å².